The number of amides is 1. The zero-order valence-corrected chi connectivity index (χ0v) is 12.0. The van der Waals surface area contributed by atoms with Crippen molar-refractivity contribution in [2.24, 2.45) is 0 Å². The Bertz CT molecular complexity index is 511. The molecule has 21 heavy (non-hydrogen) atoms. The largest absolute Gasteiger partial charge is 0.451 e. The van der Waals surface area contributed by atoms with Gasteiger partial charge >= 0.3 is 6.18 Å². The summed E-state index contributed by atoms with van der Waals surface area (Å²) in [6.45, 7) is 5.63. The molecule has 1 heterocycles. The van der Waals surface area contributed by atoms with Gasteiger partial charge in [0.25, 0.3) is 0 Å². The predicted octanol–water partition coefficient (Wildman–Crippen LogP) is 1.79. The van der Waals surface area contributed by atoms with Crippen molar-refractivity contribution in [1.29, 1.82) is 0 Å². The first-order valence-electron chi connectivity index (χ1n) is 6.24. The standard InChI is InChI=1S/C12H18F3N5O/c1-11(2,3)20-9(21)4-5-17-8-6-7(16)18-10(19-8)12(13,14)15/h6H,4-5H2,1-3H3,(H,20,21)(H3,16,17,18,19). The lowest BCUT2D eigenvalue weighted by molar-refractivity contribution is -0.144. The summed E-state index contributed by atoms with van der Waals surface area (Å²) in [5.41, 5.74) is 4.94. The van der Waals surface area contributed by atoms with Crippen LogP contribution >= 0.6 is 0 Å². The Morgan fingerprint density at radius 1 is 1.29 bits per heavy atom. The summed E-state index contributed by atoms with van der Waals surface area (Å²) in [5, 5.41) is 5.36. The van der Waals surface area contributed by atoms with Gasteiger partial charge in [-0.2, -0.15) is 13.2 Å². The van der Waals surface area contributed by atoms with Gasteiger partial charge in [-0.05, 0) is 20.8 Å². The molecule has 1 amide bonds. The molecule has 0 saturated heterocycles. The van der Waals surface area contributed by atoms with Crippen LogP contribution in [0.1, 0.15) is 33.0 Å². The number of carbonyl (C=O) groups is 1. The molecule has 0 aromatic carbocycles. The second-order valence-corrected chi connectivity index (χ2v) is 5.47. The summed E-state index contributed by atoms with van der Waals surface area (Å²) in [6.07, 6.45) is -4.57. The number of hydrogen-bond donors (Lipinski definition) is 3. The van der Waals surface area contributed by atoms with Gasteiger partial charge in [0.05, 0.1) is 0 Å². The third-order valence-electron chi connectivity index (χ3n) is 2.17. The highest BCUT2D eigenvalue weighted by molar-refractivity contribution is 5.77. The molecule has 0 spiro atoms. The van der Waals surface area contributed by atoms with Crippen molar-refractivity contribution in [2.45, 2.75) is 38.9 Å². The Kier molecular flexibility index (Phi) is 4.97. The van der Waals surface area contributed by atoms with Gasteiger partial charge in [0.1, 0.15) is 11.6 Å². The number of nitrogens with one attached hydrogen (secondary N) is 2. The topological polar surface area (TPSA) is 92.9 Å². The first kappa shape index (κ1) is 17.0. The number of carbonyl (C=O) groups excluding carboxylic acids is 1. The first-order valence-corrected chi connectivity index (χ1v) is 6.24. The fourth-order valence-corrected chi connectivity index (χ4v) is 1.47. The van der Waals surface area contributed by atoms with Crippen LogP contribution < -0.4 is 16.4 Å². The molecular weight excluding hydrogens is 287 g/mol. The Morgan fingerprint density at radius 2 is 1.90 bits per heavy atom. The van der Waals surface area contributed by atoms with E-state index in [2.05, 4.69) is 20.6 Å². The molecule has 0 bridgehead atoms. The molecule has 0 fully saturated rings. The maximum atomic E-state index is 12.5. The van der Waals surface area contributed by atoms with Gasteiger partial charge in [0.2, 0.25) is 11.7 Å². The van der Waals surface area contributed by atoms with E-state index in [9.17, 15) is 18.0 Å². The average molecular weight is 305 g/mol. The number of rotatable bonds is 4. The summed E-state index contributed by atoms with van der Waals surface area (Å²) >= 11 is 0. The van der Waals surface area contributed by atoms with Crippen LogP contribution in [0.15, 0.2) is 6.07 Å². The van der Waals surface area contributed by atoms with E-state index in [1.54, 1.807) is 0 Å². The Hall–Kier alpha value is -2.06. The zero-order chi connectivity index (χ0) is 16.3. The lowest BCUT2D eigenvalue weighted by atomic mass is 10.1. The lowest BCUT2D eigenvalue weighted by Crippen LogP contribution is -2.41. The van der Waals surface area contributed by atoms with E-state index in [4.69, 9.17) is 5.73 Å². The molecule has 6 nitrogen and oxygen atoms in total. The number of nitrogens with zero attached hydrogens (tertiary/aromatic N) is 2. The van der Waals surface area contributed by atoms with E-state index in [1.807, 2.05) is 20.8 Å². The minimum absolute atomic E-state index is 0.0709. The molecule has 0 aliphatic carbocycles. The van der Waals surface area contributed by atoms with Crippen molar-refractivity contribution in [3.63, 3.8) is 0 Å². The molecular formula is C12H18F3N5O. The third kappa shape index (κ3) is 6.28. The number of aromatic nitrogens is 2. The van der Waals surface area contributed by atoms with Crippen molar-refractivity contribution in [2.75, 3.05) is 17.6 Å². The minimum atomic E-state index is -4.67. The van der Waals surface area contributed by atoms with Crippen LogP contribution in [0.3, 0.4) is 0 Å². The van der Waals surface area contributed by atoms with Gasteiger partial charge in [0, 0.05) is 24.6 Å². The van der Waals surface area contributed by atoms with Crippen LogP contribution in [0.2, 0.25) is 0 Å². The van der Waals surface area contributed by atoms with Crippen LogP contribution in [0, 0.1) is 0 Å². The van der Waals surface area contributed by atoms with Gasteiger partial charge in [-0.25, -0.2) is 9.97 Å². The first-order chi connectivity index (χ1) is 9.47. The molecule has 0 aliphatic rings. The van der Waals surface area contributed by atoms with Crippen LogP contribution in [0.25, 0.3) is 0 Å². The zero-order valence-electron chi connectivity index (χ0n) is 12.0. The summed E-state index contributed by atoms with van der Waals surface area (Å²) < 4.78 is 37.5. The van der Waals surface area contributed by atoms with E-state index >= 15 is 0 Å². The molecule has 0 aliphatic heterocycles. The van der Waals surface area contributed by atoms with Gasteiger partial charge < -0.3 is 16.4 Å². The van der Waals surface area contributed by atoms with Crippen molar-refractivity contribution < 1.29 is 18.0 Å². The van der Waals surface area contributed by atoms with Crippen molar-refractivity contribution >= 4 is 17.5 Å². The molecule has 1 rings (SSSR count). The van der Waals surface area contributed by atoms with E-state index < -0.39 is 12.0 Å². The molecule has 0 unspecified atom stereocenters. The highest BCUT2D eigenvalue weighted by Gasteiger charge is 2.35. The minimum Gasteiger partial charge on any atom is -0.384 e. The lowest BCUT2D eigenvalue weighted by Gasteiger charge is -2.20. The number of halogens is 3. The molecule has 4 N–H and O–H groups in total. The second kappa shape index (κ2) is 6.15. The number of alkyl halides is 3. The maximum absolute atomic E-state index is 12.5. The second-order valence-electron chi connectivity index (χ2n) is 5.47. The van der Waals surface area contributed by atoms with Crippen LogP contribution in [-0.2, 0) is 11.0 Å². The highest BCUT2D eigenvalue weighted by Crippen LogP contribution is 2.27. The summed E-state index contributed by atoms with van der Waals surface area (Å²) in [6, 6.07) is 1.18. The average Bonchev–Trinajstić information content (AvgIpc) is 2.24. The SMILES string of the molecule is CC(C)(C)NC(=O)CCNc1cc(N)nc(C(F)(F)F)n1. The Morgan fingerprint density at radius 3 is 2.43 bits per heavy atom. The van der Waals surface area contributed by atoms with Gasteiger partial charge in [-0.1, -0.05) is 0 Å². The molecule has 118 valence electrons. The summed E-state index contributed by atoms with van der Waals surface area (Å²) in [5.74, 6) is -1.89. The van der Waals surface area contributed by atoms with Crippen molar-refractivity contribution in [1.82, 2.24) is 15.3 Å². The molecule has 0 atom stereocenters. The van der Waals surface area contributed by atoms with Gasteiger partial charge in [0.15, 0.2) is 0 Å². The molecule has 1 aromatic heterocycles. The fraction of sp³-hybridized carbons (Fsp3) is 0.583. The normalized spacial score (nSPS) is 12.1. The van der Waals surface area contributed by atoms with Crippen LogP contribution in [0.5, 0.6) is 0 Å². The third-order valence-corrected chi connectivity index (χ3v) is 2.17. The van der Waals surface area contributed by atoms with E-state index in [-0.39, 0.29) is 36.0 Å². The number of hydrogen-bond acceptors (Lipinski definition) is 5. The Labute approximate surface area is 120 Å². The van der Waals surface area contributed by atoms with Gasteiger partial charge in [-0.15, -0.1) is 0 Å². The smallest absolute Gasteiger partial charge is 0.384 e. The molecule has 0 radical (unpaired) electrons. The van der Waals surface area contributed by atoms with Crippen LogP contribution in [0.4, 0.5) is 24.8 Å². The molecule has 1 aromatic rings. The fourth-order valence-electron chi connectivity index (χ4n) is 1.47. The highest BCUT2D eigenvalue weighted by atomic mass is 19.4. The van der Waals surface area contributed by atoms with Crippen molar-refractivity contribution in [3.05, 3.63) is 11.9 Å². The summed E-state index contributed by atoms with van der Waals surface area (Å²) in [4.78, 5) is 18.0. The van der Waals surface area contributed by atoms with Crippen molar-refractivity contribution in [3.8, 4) is 0 Å². The number of anilines is 2. The number of nitrogens with two attached hydrogens (primary N) is 1. The Balaban J connectivity index is 2.60. The summed E-state index contributed by atoms with van der Waals surface area (Å²) in [7, 11) is 0. The molecule has 9 heteroatoms. The quantitative estimate of drug-likeness (QED) is 0.788. The molecule has 0 saturated carbocycles. The van der Waals surface area contributed by atoms with Gasteiger partial charge in [-0.3, -0.25) is 4.79 Å². The van der Waals surface area contributed by atoms with E-state index in [1.165, 1.54) is 6.07 Å². The predicted molar refractivity (Wildman–Crippen MR) is 72.4 cm³/mol. The van der Waals surface area contributed by atoms with E-state index in [0.29, 0.717) is 0 Å². The maximum Gasteiger partial charge on any atom is 0.451 e. The van der Waals surface area contributed by atoms with Crippen LogP contribution in [-0.4, -0.2) is 28.0 Å². The number of nitrogen functional groups attached to an aromatic ring is 1. The van der Waals surface area contributed by atoms with E-state index in [0.717, 1.165) is 0 Å². The monoisotopic (exact) mass is 305 g/mol.